The first-order valence-electron chi connectivity index (χ1n) is 6.12. The zero-order valence-corrected chi connectivity index (χ0v) is 12.1. The predicted molar refractivity (Wildman–Crippen MR) is 76.9 cm³/mol. The lowest BCUT2D eigenvalue weighted by atomic mass is 10.2. The van der Waals surface area contributed by atoms with Gasteiger partial charge in [0.05, 0.1) is 16.4 Å². The second-order valence-corrected chi connectivity index (χ2v) is 4.80. The Balaban J connectivity index is 2.64. The Morgan fingerprint density at radius 3 is 2.61 bits per heavy atom. The van der Waals surface area contributed by atoms with Crippen LogP contribution in [0.1, 0.15) is 30.8 Å². The molecule has 96 valence electrons. The Kier molecular flexibility index (Phi) is 4.31. The molecule has 1 aromatic heterocycles. The molecule has 0 bridgehead atoms. The molecule has 2 rings (SSSR count). The summed E-state index contributed by atoms with van der Waals surface area (Å²) >= 11 is 12.3. The number of halogens is 2. The van der Waals surface area contributed by atoms with Crippen molar-refractivity contribution in [2.45, 2.75) is 32.6 Å². The molecule has 2 nitrogen and oxygen atoms in total. The minimum Gasteiger partial charge on any atom is -0.236 e. The molecule has 0 aliphatic heterocycles. The molecule has 1 aromatic carbocycles. The third kappa shape index (κ3) is 2.40. The SMILES string of the molecule is CCc1cc(CC)n(-c2c(Cl)cccc2CCl)n1. The van der Waals surface area contributed by atoms with E-state index in [1.807, 2.05) is 22.9 Å². The summed E-state index contributed by atoms with van der Waals surface area (Å²) in [6.07, 6.45) is 1.83. The number of aryl methyl sites for hydroxylation is 2. The van der Waals surface area contributed by atoms with Crippen molar-refractivity contribution in [1.29, 1.82) is 0 Å². The molecule has 0 fully saturated rings. The molecule has 0 radical (unpaired) electrons. The van der Waals surface area contributed by atoms with E-state index >= 15 is 0 Å². The highest BCUT2D eigenvalue weighted by Crippen LogP contribution is 2.27. The highest BCUT2D eigenvalue weighted by molar-refractivity contribution is 6.32. The number of hydrogen-bond acceptors (Lipinski definition) is 1. The van der Waals surface area contributed by atoms with Gasteiger partial charge in [-0.05, 0) is 30.5 Å². The van der Waals surface area contributed by atoms with Crippen molar-refractivity contribution >= 4 is 23.2 Å². The van der Waals surface area contributed by atoms with Crippen molar-refractivity contribution < 1.29 is 0 Å². The molecule has 1 heterocycles. The van der Waals surface area contributed by atoms with Crippen LogP contribution in [0.5, 0.6) is 0 Å². The van der Waals surface area contributed by atoms with Gasteiger partial charge in [-0.3, -0.25) is 0 Å². The summed E-state index contributed by atoms with van der Waals surface area (Å²) in [5.41, 5.74) is 4.15. The zero-order valence-electron chi connectivity index (χ0n) is 10.6. The van der Waals surface area contributed by atoms with E-state index in [0.29, 0.717) is 10.9 Å². The van der Waals surface area contributed by atoms with Gasteiger partial charge >= 0.3 is 0 Å². The fraction of sp³-hybridized carbons (Fsp3) is 0.357. The Morgan fingerprint density at radius 2 is 2.00 bits per heavy atom. The number of hydrogen-bond donors (Lipinski definition) is 0. The quantitative estimate of drug-likeness (QED) is 0.761. The van der Waals surface area contributed by atoms with E-state index in [-0.39, 0.29) is 0 Å². The minimum absolute atomic E-state index is 0.431. The Morgan fingerprint density at radius 1 is 1.22 bits per heavy atom. The van der Waals surface area contributed by atoms with E-state index in [4.69, 9.17) is 23.2 Å². The number of nitrogens with zero attached hydrogens (tertiary/aromatic N) is 2. The van der Waals surface area contributed by atoms with Gasteiger partial charge in [-0.2, -0.15) is 5.10 Å². The first kappa shape index (κ1) is 13.4. The molecule has 4 heteroatoms. The maximum atomic E-state index is 6.30. The number of benzene rings is 1. The van der Waals surface area contributed by atoms with Crippen LogP contribution in [0.25, 0.3) is 5.69 Å². The van der Waals surface area contributed by atoms with E-state index in [2.05, 4.69) is 25.0 Å². The minimum atomic E-state index is 0.431. The first-order chi connectivity index (χ1) is 8.71. The van der Waals surface area contributed by atoms with Crippen molar-refractivity contribution in [3.05, 3.63) is 46.2 Å². The van der Waals surface area contributed by atoms with E-state index in [0.717, 1.165) is 35.5 Å². The van der Waals surface area contributed by atoms with Crippen molar-refractivity contribution in [3.63, 3.8) is 0 Å². The number of alkyl halides is 1. The van der Waals surface area contributed by atoms with Crippen molar-refractivity contribution in [1.82, 2.24) is 9.78 Å². The van der Waals surface area contributed by atoms with Gasteiger partial charge in [0.1, 0.15) is 0 Å². The largest absolute Gasteiger partial charge is 0.236 e. The van der Waals surface area contributed by atoms with Gasteiger partial charge in [-0.25, -0.2) is 4.68 Å². The normalized spacial score (nSPS) is 10.9. The summed E-state index contributed by atoms with van der Waals surface area (Å²) in [4.78, 5) is 0. The Bertz CT molecular complexity index is 547. The maximum Gasteiger partial charge on any atom is 0.0879 e. The third-order valence-corrected chi connectivity index (χ3v) is 3.58. The second-order valence-electron chi connectivity index (χ2n) is 4.13. The topological polar surface area (TPSA) is 17.8 Å². The van der Waals surface area contributed by atoms with E-state index in [1.54, 1.807) is 0 Å². The Hall–Kier alpha value is -0.990. The molecule has 18 heavy (non-hydrogen) atoms. The van der Waals surface area contributed by atoms with Crippen LogP contribution < -0.4 is 0 Å². The van der Waals surface area contributed by atoms with Crippen LogP contribution in [-0.4, -0.2) is 9.78 Å². The number of para-hydroxylation sites is 1. The van der Waals surface area contributed by atoms with Gasteiger partial charge in [0.2, 0.25) is 0 Å². The first-order valence-corrected chi connectivity index (χ1v) is 7.04. The third-order valence-electron chi connectivity index (χ3n) is 2.98. The zero-order chi connectivity index (χ0) is 13.1. The van der Waals surface area contributed by atoms with Crippen LogP contribution in [0.3, 0.4) is 0 Å². The molecule has 0 amide bonds. The summed E-state index contributed by atoms with van der Waals surface area (Å²) < 4.78 is 1.93. The summed E-state index contributed by atoms with van der Waals surface area (Å²) in [6.45, 7) is 4.21. The van der Waals surface area contributed by atoms with Crippen LogP contribution in [0, 0.1) is 0 Å². The maximum absolute atomic E-state index is 6.30. The molecular formula is C14H16Cl2N2. The predicted octanol–water partition coefficient (Wildman–Crippen LogP) is 4.39. The van der Waals surface area contributed by atoms with Crippen molar-refractivity contribution in [2.75, 3.05) is 0 Å². The Labute approximate surface area is 118 Å². The van der Waals surface area contributed by atoms with Gasteiger partial charge in [0, 0.05) is 11.6 Å². The lowest BCUT2D eigenvalue weighted by Crippen LogP contribution is -2.05. The highest BCUT2D eigenvalue weighted by Gasteiger charge is 2.13. The molecule has 0 atom stereocenters. The van der Waals surface area contributed by atoms with Gasteiger partial charge in [-0.1, -0.05) is 37.6 Å². The molecule has 0 N–H and O–H groups in total. The molecule has 0 aliphatic rings. The average Bonchev–Trinajstić information content (AvgIpc) is 2.81. The number of rotatable bonds is 4. The molecule has 2 aromatic rings. The van der Waals surface area contributed by atoms with Crippen LogP contribution in [0.2, 0.25) is 5.02 Å². The van der Waals surface area contributed by atoms with E-state index in [9.17, 15) is 0 Å². The molecule has 0 saturated carbocycles. The van der Waals surface area contributed by atoms with Crippen LogP contribution in [0.15, 0.2) is 24.3 Å². The van der Waals surface area contributed by atoms with Crippen LogP contribution in [-0.2, 0) is 18.7 Å². The number of aromatic nitrogens is 2. The summed E-state index contributed by atoms with van der Waals surface area (Å²) in [5.74, 6) is 0.431. The van der Waals surface area contributed by atoms with E-state index < -0.39 is 0 Å². The fourth-order valence-electron chi connectivity index (χ4n) is 2.00. The smallest absolute Gasteiger partial charge is 0.0879 e. The summed E-state index contributed by atoms with van der Waals surface area (Å²) in [5, 5.41) is 5.30. The molecule has 0 spiro atoms. The monoisotopic (exact) mass is 282 g/mol. The summed E-state index contributed by atoms with van der Waals surface area (Å²) in [7, 11) is 0. The molecular weight excluding hydrogens is 267 g/mol. The second kappa shape index (κ2) is 5.77. The van der Waals surface area contributed by atoms with Crippen molar-refractivity contribution in [2.24, 2.45) is 0 Å². The van der Waals surface area contributed by atoms with Gasteiger partial charge in [0.25, 0.3) is 0 Å². The molecule has 0 saturated heterocycles. The van der Waals surface area contributed by atoms with Crippen molar-refractivity contribution in [3.8, 4) is 5.69 Å². The van der Waals surface area contributed by atoms with Crippen LogP contribution >= 0.6 is 23.2 Å². The highest BCUT2D eigenvalue weighted by atomic mass is 35.5. The lowest BCUT2D eigenvalue weighted by molar-refractivity contribution is 0.788. The van der Waals surface area contributed by atoms with Gasteiger partial charge in [-0.15, -0.1) is 11.6 Å². The lowest BCUT2D eigenvalue weighted by Gasteiger charge is -2.12. The fourth-order valence-corrected chi connectivity index (χ4v) is 2.49. The van der Waals surface area contributed by atoms with E-state index in [1.165, 1.54) is 0 Å². The average molecular weight is 283 g/mol. The standard InChI is InChI=1S/C14H16Cl2N2/c1-3-11-8-12(4-2)18(17-11)14-10(9-15)6-5-7-13(14)16/h5-8H,3-4,9H2,1-2H3. The molecule has 0 unspecified atom stereocenters. The van der Waals surface area contributed by atoms with Crippen LogP contribution in [0.4, 0.5) is 0 Å². The summed E-state index contributed by atoms with van der Waals surface area (Å²) in [6, 6.07) is 7.90. The van der Waals surface area contributed by atoms with Gasteiger partial charge < -0.3 is 0 Å². The molecule has 0 aliphatic carbocycles. The van der Waals surface area contributed by atoms with Gasteiger partial charge in [0.15, 0.2) is 0 Å².